The highest BCUT2D eigenvalue weighted by Crippen LogP contribution is 2.30. The van der Waals surface area contributed by atoms with Crippen LogP contribution in [0.4, 0.5) is 5.69 Å². The van der Waals surface area contributed by atoms with E-state index < -0.39 is 10.0 Å². The fourth-order valence-electron chi connectivity index (χ4n) is 2.68. The van der Waals surface area contributed by atoms with E-state index in [4.69, 9.17) is 27.9 Å². The van der Waals surface area contributed by atoms with E-state index in [2.05, 4.69) is 5.32 Å². The van der Waals surface area contributed by atoms with E-state index in [-0.39, 0.29) is 11.7 Å². The van der Waals surface area contributed by atoms with Crippen molar-refractivity contribution in [2.45, 2.75) is 5.75 Å². The van der Waals surface area contributed by atoms with Crippen LogP contribution >= 0.6 is 23.2 Å². The standard InChI is InChI=1S/C18H18Cl2N2O4S/c19-15-2-1-3-16(20)17(15)21-18(23)14-6-4-13(5-7-14)12-27(24,25)22-8-10-26-11-9-22/h1-7H,8-12H2,(H,21,23). The highest BCUT2D eigenvalue weighted by Gasteiger charge is 2.24. The lowest BCUT2D eigenvalue weighted by molar-refractivity contribution is 0.0729. The predicted octanol–water partition coefficient (Wildman–Crippen LogP) is 3.41. The number of benzene rings is 2. The third-order valence-electron chi connectivity index (χ3n) is 4.13. The van der Waals surface area contributed by atoms with Gasteiger partial charge in [0.2, 0.25) is 10.0 Å². The molecule has 9 heteroatoms. The van der Waals surface area contributed by atoms with E-state index >= 15 is 0 Å². The molecule has 0 aromatic heterocycles. The summed E-state index contributed by atoms with van der Waals surface area (Å²) in [7, 11) is -3.41. The Morgan fingerprint density at radius 1 is 1.04 bits per heavy atom. The Hall–Kier alpha value is -1.64. The van der Waals surface area contributed by atoms with Gasteiger partial charge in [-0.25, -0.2) is 8.42 Å². The lowest BCUT2D eigenvalue weighted by Crippen LogP contribution is -2.41. The second-order valence-electron chi connectivity index (χ2n) is 6.02. The van der Waals surface area contributed by atoms with Crippen molar-refractivity contribution in [2.24, 2.45) is 0 Å². The Kier molecular flexibility index (Phi) is 6.39. The molecule has 6 nitrogen and oxygen atoms in total. The van der Waals surface area contributed by atoms with E-state index in [1.54, 1.807) is 42.5 Å². The van der Waals surface area contributed by atoms with Crippen LogP contribution in [-0.2, 0) is 20.5 Å². The first-order valence-electron chi connectivity index (χ1n) is 8.27. The Bertz CT molecular complexity index is 907. The van der Waals surface area contributed by atoms with Gasteiger partial charge in [0, 0.05) is 18.7 Å². The number of nitrogens with zero attached hydrogens (tertiary/aromatic N) is 1. The molecule has 1 fully saturated rings. The number of halogens is 2. The predicted molar refractivity (Wildman–Crippen MR) is 106 cm³/mol. The zero-order valence-electron chi connectivity index (χ0n) is 14.3. The van der Waals surface area contributed by atoms with Crippen molar-refractivity contribution in [2.75, 3.05) is 31.6 Å². The van der Waals surface area contributed by atoms with Gasteiger partial charge in [0.15, 0.2) is 0 Å². The summed E-state index contributed by atoms with van der Waals surface area (Å²) in [6.45, 7) is 1.54. The molecule has 1 saturated heterocycles. The second kappa shape index (κ2) is 8.58. The summed E-state index contributed by atoms with van der Waals surface area (Å²) in [5, 5.41) is 3.35. The molecule has 0 radical (unpaired) electrons. The lowest BCUT2D eigenvalue weighted by atomic mass is 10.1. The molecule has 1 aliphatic heterocycles. The minimum Gasteiger partial charge on any atom is -0.379 e. The second-order valence-corrected chi connectivity index (χ2v) is 8.80. The number of ether oxygens (including phenoxy) is 1. The number of carbonyl (C=O) groups is 1. The van der Waals surface area contributed by atoms with Crippen LogP contribution in [-0.4, -0.2) is 44.9 Å². The summed E-state index contributed by atoms with van der Waals surface area (Å²) in [5.41, 5.74) is 1.32. The largest absolute Gasteiger partial charge is 0.379 e. The number of hydrogen-bond donors (Lipinski definition) is 1. The Labute approximate surface area is 168 Å². The van der Waals surface area contributed by atoms with E-state index in [0.29, 0.717) is 53.2 Å². The van der Waals surface area contributed by atoms with E-state index in [1.807, 2.05) is 0 Å². The minimum atomic E-state index is -3.41. The van der Waals surface area contributed by atoms with E-state index in [9.17, 15) is 13.2 Å². The maximum absolute atomic E-state index is 12.5. The molecule has 0 atom stereocenters. The highest BCUT2D eigenvalue weighted by atomic mass is 35.5. The van der Waals surface area contributed by atoms with E-state index in [0.717, 1.165) is 0 Å². The zero-order valence-corrected chi connectivity index (χ0v) is 16.6. The molecule has 1 amide bonds. The van der Waals surface area contributed by atoms with Gasteiger partial charge in [-0.15, -0.1) is 0 Å². The van der Waals surface area contributed by atoms with Crippen LogP contribution in [0.25, 0.3) is 0 Å². The summed E-state index contributed by atoms with van der Waals surface area (Å²) in [5.74, 6) is -0.502. The molecular formula is C18H18Cl2N2O4S. The molecule has 2 aromatic rings. The number of amides is 1. The number of para-hydroxylation sites is 1. The highest BCUT2D eigenvalue weighted by molar-refractivity contribution is 7.88. The van der Waals surface area contributed by atoms with Crippen LogP contribution < -0.4 is 5.32 Å². The zero-order chi connectivity index (χ0) is 19.4. The van der Waals surface area contributed by atoms with Crippen molar-refractivity contribution < 1.29 is 17.9 Å². The lowest BCUT2D eigenvalue weighted by Gasteiger charge is -2.26. The Morgan fingerprint density at radius 3 is 2.22 bits per heavy atom. The van der Waals surface area contributed by atoms with Gasteiger partial charge in [-0.05, 0) is 29.8 Å². The van der Waals surface area contributed by atoms with Crippen LogP contribution in [0.5, 0.6) is 0 Å². The topological polar surface area (TPSA) is 75.7 Å². The number of rotatable bonds is 5. The third kappa shape index (κ3) is 5.00. The number of sulfonamides is 1. The van der Waals surface area contributed by atoms with Gasteiger partial charge in [-0.3, -0.25) is 4.79 Å². The van der Waals surface area contributed by atoms with Crippen molar-refractivity contribution in [1.82, 2.24) is 4.31 Å². The van der Waals surface area contributed by atoms with Gasteiger partial charge in [0.25, 0.3) is 5.91 Å². The Balaban J connectivity index is 1.68. The Morgan fingerprint density at radius 2 is 1.63 bits per heavy atom. The molecule has 0 aliphatic carbocycles. The van der Waals surface area contributed by atoms with Crippen molar-refractivity contribution >= 4 is 44.8 Å². The monoisotopic (exact) mass is 428 g/mol. The van der Waals surface area contributed by atoms with Crippen molar-refractivity contribution in [1.29, 1.82) is 0 Å². The van der Waals surface area contributed by atoms with Crippen LogP contribution in [0.1, 0.15) is 15.9 Å². The molecular weight excluding hydrogens is 411 g/mol. The quantitative estimate of drug-likeness (QED) is 0.791. The summed E-state index contributed by atoms with van der Waals surface area (Å²) >= 11 is 12.1. The van der Waals surface area contributed by atoms with Gasteiger partial charge >= 0.3 is 0 Å². The number of nitrogens with one attached hydrogen (secondary N) is 1. The molecule has 0 unspecified atom stereocenters. The van der Waals surface area contributed by atoms with Gasteiger partial charge < -0.3 is 10.1 Å². The number of carbonyl (C=O) groups excluding carboxylic acids is 1. The van der Waals surface area contributed by atoms with Gasteiger partial charge in [0.05, 0.1) is 34.7 Å². The SMILES string of the molecule is O=C(Nc1c(Cl)cccc1Cl)c1ccc(CS(=O)(=O)N2CCOCC2)cc1. The molecule has 2 aromatic carbocycles. The first-order valence-corrected chi connectivity index (χ1v) is 10.6. The average molecular weight is 429 g/mol. The van der Waals surface area contributed by atoms with Crippen molar-refractivity contribution in [3.8, 4) is 0 Å². The fourth-order valence-corrected chi connectivity index (χ4v) is 4.68. The van der Waals surface area contributed by atoms with Gasteiger partial charge in [0.1, 0.15) is 0 Å². The number of hydrogen-bond acceptors (Lipinski definition) is 4. The maximum atomic E-state index is 12.5. The summed E-state index contributed by atoms with van der Waals surface area (Å²) < 4.78 is 31.5. The summed E-state index contributed by atoms with van der Waals surface area (Å²) in [6, 6.07) is 11.3. The van der Waals surface area contributed by atoms with Crippen molar-refractivity contribution in [3.05, 3.63) is 63.6 Å². The molecule has 144 valence electrons. The van der Waals surface area contributed by atoms with Gasteiger partial charge in [-0.1, -0.05) is 41.4 Å². The molecule has 0 spiro atoms. The normalized spacial score (nSPS) is 15.5. The number of morpholine rings is 1. The molecule has 1 N–H and O–H groups in total. The van der Waals surface area contributed by atoms with E-state index in [1.165, 1.54) is 4.31 Å². The molecule has 27 heavy (non-hydrogen) atoms. The molecule has 0 saturated carbocycles. The third-order valence-corrected chi connectivity index (χ3v) is 6.61. The van der Waals surface area contributed by atoms with Crippen molar-refractivity contribution in [3.63, 3.8) is 0 Å². The molecule has 0 bridgehead atoms. The van der Waals surface area contributed by atoms with Crippen LogP contribution in [0.3, 0.4) is 0 Å². The number of anilines is 1. The molecule has 1 aliphatic rings. The summed E-state index contributed by atoms with van der Waals surface area (Å²) in [6.07, 6.45) is 0. The molecule has 3 rings (SSSR count). The first-order chi connectivity index (χ1) is 12.9. The molecule has 1 heterocycles. The smallest absolute Gasteiger partial charge is 0.255 e. The fraction of sp³-hybridized carbons (Fsp3) is 0.278. The van der Waals surface area contributed by atoms with Gasteiger partial charge in [-0.2, -0.15) is 4.31 Å². The maximum Gasteiger partial charge on any atom is 0.255 e. The minimum absolute atomic E-state index is 0.120. The van der Waals surface area contributed by atoms with Crippen LogP contribution in [0.2, 0.25) is 10.0 Å². The average Bonchev–Trinajstić information content (AvgIpc) is 2.66. The summed E-state index contributed by atoms with van der Waals surface area (Å²) in [4.78, 5) is 12.4. The first kappa shape index (κ1) is 20.1. The van der Waals surface area contributed by atoms with Crippen LogP contribution in [0, 0.1) is 0 Å². The van der Waals surface area contributed by atoms with Crippen LogP contribution in [0.15, 0.2) is 42.5 Å².